The Hall–Kier alpha value is -4.35. The highest BCUT2D eigenvalue weighted by Crippen LogP contribution is 2.43. The summed E-state index contributed by atoms with van der Waals surface area (Å²) in [5, 5.41) is 15.1. The average molecular weight is 657 g/mol. The van der Waals surface area contributed by atoms with Gasteiger partial charge in [-0.1, -0.05) is 85.8 Å². The van der Waals surface area contributed by atoms with Gasteiger partial charge in [0.25, 0.3) is 0 Å². The molecular formula is C37H40N2O7S. The first kappa shape index (κ1) is 34.0. The van der Waals surface area contributed by atoms with Crippen molar-refractivity contribution in [3.8, 4) is 5.75 Å². The third kappa shape index (κ3) is 8.93. The van der Waals surface area contributed by atoms with Crippen LogP contribution in [-0.2, 0) is 32.0 Å². The lowest BCUT2D eigenvalue weighted by Gasteiger charge is -2.41. The van der Waals surface area contributed by atoms with Crippen LogP contribution < -0.4 is 15.4 Å². The molecule has 246 valence electrons. The molecule has 1 heterocycles. The van der Waals surface area contributed by atoms with Crippen LogP contribution in [0.1, 0.15) is 41.6 Å². The molecule has 1 aliphatic rings. The standard InChI is InChI=1S/C37H40N2O7S/c1-24-32(23-47-33-12-8-7-11-31(33)43-2)45-36(46-34(24)27-15-13-26(22-40)14-16-27)28-17-19-29(20-18-28)38-37(42)39-30(35(41)44-3)21-25-9-5-4-6-10-25/h4-20,24,30,32,34,36,40H,21-23H2,1-3H3,(H2,38,39,42)/t24-,30-,32+,34+,36+/m0/s1. The molecule has 1 fully saturated rings. The van der Waals surface area contributed by atoms with Gasteiger partial charge in [-0.05, 0) is 41.0 Å². The van der Waals surface area contributed by atoms with E-state index in [9.17, 15) is 14.7 Å². The van der Waals surface area contributed by atoms with E-state index in [0.29, 0.717) is 17.9 Å². The molecule has 0 aliphatic carbocycles. The van der Waals surface area contributed by atoms with Crippen molar-refractivity contribution < 1.29 is 33.6 Å². The van der Waals surface area contributed by atoms with E-state index in [1.807, 2.05) is 91.0 Å². The van der Waals surface area contributed by atoms with E-state index in [2.05, 4.69) is 17.6 Å². The molecule has 4 aromatic rings. The van der Waals surface area contributed by atoms with Crippen LogP contribution in [0.2, 0.25) is 0 Å². The monoisotopic (exact) mass is 656 g/mol. The number of carbonyl (C=O) groups excluding carboxylic acids is 2. The summed E-state index contributed by atoms with van der Waals surface area (Å²) in [7, 11) is 2.96. The molecule has 2 amide bonds. The van der Waals surface area contributed by atoms with Gasteiger partial charge in [0.2, 0.25) is 0 Å². The topological polar surface area (TPSA) is 115 Å². The first-order chi connectivity index (χ1) is 22.9. The minimum absolute atomic E-state index is 0.0247. The van der Waals surface area contributed by atoms with Crippen LogP contribution in [0.25, 0.3) is 0 Å². The van der Waals surface area contributed by atoms with E-state index in [-0.39, 0.29) is 24.7 Å². The second-order valence-corrected chi connectivity index (χ2v) is 12.3. The van der Waals surface area contributed by atoms with Crippen LogP contribution >= 0.6 is 11.8 Å². The van der Waals surface area contributed by atoms with Gasteiger partial charge in [-0.25, -0.2) is 9.59 Å². The Kier molecular flexibility index (Phi) is 11.9. The lowest BCUT2D eigenvalue weighted by atomic mass is 9.91. The van der Waals surface area contributed by atoms with Gasteiger partial charge in [-0.3, -0.25) is 0 Å². The van der Waals surface area contributed by atoms with Crippen LogP contribution in [0.15, 0.2) is 108 Å². The third-order valence-electron chi connectivity index (χ3n) is 8.11. The van der Waals surface area contributed by atoms with Crippen molar-refractivity contribution in [2.24, 2.45) is 5.92 Å². The smallest absolute Gasteiger partial charge is 0.328 e. The zero-order valence-corrected chi connectivity index (χ0v) is 27.4. The van der Waals surface area contributed by atoms with Gasteiger partial charge in [-0.15, -0.1) is 11.8 Å². The normalized spacial score (nSPS) is 19.7. The summed E-state index contributed by atoms with van der Waals surface area (Å²) in [6.45, 7) is 2.10. The Morgan fingerprint density at radius 1 is 0.851 bits per heavy atom. The highest BCUT2D eigenvalue weighted by Gasteiger charge is 2.38. The number of hydrogen-bond acceptors (Lipinski definition) is 8. The van der Waals surface area contributed by atoms with Gasteiger partial charge in [0, 0.05) is 34.2 Å². The number of benzene rings is 4. The molecule has 4 aromatic carbocycles. The lowest BCUT2D eigenvalue weighted by molar-refractivity contribution is -0.268. The fourth-order valence-corrected chi connectivity index (χ4v) is 6.65. The molecule has 0 spiro atoms. The molecule has 1 saturated heterocycles. The van der Waals surface area contributed by atoms with Gasteiger partial charge in [0.1, 0.15) is 11.8 Å². The van der Waals surface area contributed by atoms with Crippen LogP contribution in [0, 0.1) is 5.92 Å². The molecule has 0 saturated carbocycles. The van der Waals surface area contributed by atoms with Gasteiger partial charge in [-0.2, -0.15) is 0 Å². The number of aliphatic hydroxyl groups excluding tert-OH is 1. The minimum atomic E-state index is -0.846. The maximum absolute atomic E-state index is 12.9. The van der Waals surface area contributed by atoms with Crippen molar-refractivity contribution >= 4 is 29.4 Å². The lowest BCUT2D eigenvalue weighted by Crippen LogP contribution is -2.45. The van der Waals surface area contributed by atoms with Crippen molar-refractivity contribution in [3.05, 3.63) is 125 Å². The second-order valence-electron chi connectivity index (χ2n) is 11.3. The summed E-state index contributed by atoms with van der Waals surface area (Å²) >= 11 is 1.67. The Morgan fingerprint density at radius 3 is 2.21 bits per heavy atom. The van der Waals surface area contributed by atoms with Crippen LogP contribution in [-0.4, -0.2) is 49.2 Å². The number of carbonyl (C=O) groups is 2. The summed E-state index contributed by atoms with van der Waals surface area (Å²) in [5.74, 6) is 0.988. The molecule has 0 unspecified atom stereocenters. The van der Waals surface area contributed by atoms with Crippen LogP contribution in [0.4, 0.5) is 10.5 Å². The quantitative estimate of drug-likeness (QED) is 0.114. The molecule has 0 radical (unpaired) electrons. The molecule has 47 heavy (non-hydrogen) atoms. The van der Waals surface area contributed by atoms with Crippen LogP contribution in [0.3, 0.4) is 0 Å². The van der Waals surface area contributed by atoms with E-state index in [0.717, 1.165) is 32.9 Å². The fraction of sp³-hybridized carbons (Fsp3) is 0.297. The van der Waals surface area contributed by atoms with E-state index in [1.54, 1.807) is 31.0 Å². The summed E-state index contributed by atoms with van der Waals surface area (Å²) in [6, 6.07) is 31.0. The Bertz CT molecular complexity index is 1600. The van der Waals surface area contributed by atoms with Gasteiger partial charge in [0.15, 0.2) is 6.29 Å². The van der Waals surface area contributed by atoms with Gasteiger partial charge >= 0.3 is 12.0 Å². The van der Waals surface area contributed by atoms with Gasteiger partial charge in [0.05, 0.1) is 33.0 Å². The molecular weight excluding hydrogens is 616 g/mol. The predicted molar refractivity (Wildman–Crippen MR) is 181 cm³/mol. The van der Waals surface area contributed by atoms with E-state index in [1.165, 1.54) is 7.11 Å². The second kappa shape index (κ2) is 16.5. The third-order valence-corrected chi connectivity index (χ3v) is 9.25. The Labute approximate surface area is 279 Å². The average Bonchev–Trinajstić information content (AvgIpc) is 3.11. The predicted octanol–water partition coefficient (Wildman–Crippen LogP) is 6.68. The van der Waals surface area contributed by atoms with Crippen molar-refractivity contribution in [1.29, 1.82) is 0 Å². The number of nitrogens with one attached hydrogen (secondary N) is 2. The summed E-state index contributed by atoms with van der Waals surface area (Å²) < 4.78 is 23.6. The number of amides is 2. The molecule has 3 N–H and O–H groups in total. The summed E-state index contributed by atoms with van der Waals surface area (Å²) in [6.07, 6.45) is -0.771. The zero-order chi connectivity index (χ0) is 33.2. The van der Waals surface area contributed by atoms with Crippen molar-refractivity contribution in [1.82, 2.24) is 5.32 Å². The Balaban J connectivity index is 1.29. The summed E-state index contributed by atoms with van der Waals surface area (Å²) in [4.78, 5) is 26.3. The van der Waals surface area contributed by atoms with Gasteiger partial charge < -0.3 is 34.7 Å². The number of esters is 1. The number of ether oxygens (including phenoxy) is 4. The number of rotatable bonds is 12. The van der Waals surface area contributed by atoms with E-state index in [4.69, 9.17) is 18.9 Å². The largest absolute Gasteiger partial charge is 0.496 e. The zero-order valence-electron chi connectivity index (χ0n) is 26.6. The first-order valence-electron chi connectivity index (χ1n) is 15.4. The molecule has 0 aromatic heterocycles. The number of methoxy groups -OCH3 is 2. The molecule has 5 atom stereocenters. The maximum Gasteiger partial charge on any atom is 0.328 e. The number of anilines is 1. The maximum atomic E-state index is 12.9. The minimum Gasteiger partial charge on any atom is -0.496 e. The Morgan fingerprint density at radius 2 is 1.53 bits per heavy atom. The highest BCUT2D eigenvalue weighted by molar-refractivity contribution is 7.99. The number of para-hydroxylation sites is 1. The molecule has 1 aliphatic heterocycles. The highest BCUT2D eigenvalue weighted by atomic mass is 32.2. The van der Waals surface area contributed by atoms with Crippen molar-refractivity contribution in [2.45, 2.75) is 49.4 Å². The fourth-order valence-electron chi connectivity index (χ4n) is 5.45. The van der Waals surface area contributed by atoms with Crippen molar-refractivity contribution in [2.75, 3.05) is 25.3 Å². The van der Waals surface area contributed by atoms with E-state index >= 15 is 0 Å². The van der Waals surface area contributed by atoms with Crippen LogP contribution in [0.5, 0.6) is 5.75 Å². The van der Waals surface area contributed by atoms with Crippen molar-refractivity contribution in [3.63, 3.8) is 0 Å². The van der Waals surface area contributed by atoms with E-state index < -0.39 is 24.3 Å². The molecule has 5 rings (SSSR count). The molecule has 9 nitrogen and oxygen atoms in total. The number of urea groups is 1. The SMILES string of the molecule is COC(=O)[C@H](Cc1ccccc1)NC(=O)Nc1ccc([C@@H]2O[C@H](CSc3ccccc3OC)[C@H](C)[C@H](c3ccc(CO)cc3)O2)cc1. The molecule has 0 bridgehead atoms. The first-order valence-corrected chi connectivity index (χ1v) is 16.4. The summed E-state index contributed by atoms with van der Waals surface area (Å²) in [5.41, 5.74) is 4.07. The molecule has 10 heteroatoms. The number of hydrogen-bond donors (Lipinski definition) is 3. The number of thioether (sulfide) groups is 1. The number of aliphatic hydroxyl groups is 1.